The SMILES string of the molecule is CC(C)(C)[Si](C)(C)O[C@@H]1CCN(c2ncc(C(=O)Nc3ccc(OC(F)(F)Cl)cc3)cc2-c2nnn[nH]2)C1. The first-order chi connectivity index (χ1) is 17.7. The lowest BCUT2D eigenvalue weighted by Gasteiger charge is -2.38. The molecule has 1 fully saturated rings. The van der Waals surface area contributed by atoms with Crippen LogP contribution in [-0.2, 0) is 4.43 Å². The zero-order valence-corrected chi connectivity index (χ0v) is 23.5. The third-order valence-electron chi connectivity index (χ3n) is 6.79. The minimum Gasteiger partial charge on any atom is -0.420 e. The number of aromatic amines is 1. The number of halogens is 3. The van der Waals surface area contributed by atoms with Gasteiger partial charge in [-0.3, -0.25) is 4.79 Å². The molecular weight excluding hydrogens is 536 g/mol. The number of alkyl halides is 3. The summed E-state index contributed by atoms with van der Waals surface area (Å²) in [6.45, 7) is 12.5. The molecule has 0 aliphatic carbocycles. The number of rotatable bonds is 8. The smallest absolute Gasteiger partial charge is 0.420 e. The number of amides is 1. The van der Waals surface area contributed by atoms with Gasteiger partial charge in [-0.15, -0.1) is 13.9 Å². The highest BCUT2D eigenvalue weighted by atomic mass is 35.5. The number of nitrogens with zero attached hydrogens (tertiary/aromatic N) is 5. The Morgan fingerprint density at radius 3 is 2.55 bits per heavy atom. The van der Waals surface area contributed by atoms with E-state index in [0.29, 0.717) is 29.4 Å². The number of aromatic nitrogens is 5. The van der Waals surface area contributed by atoms with Crippen molar-refractivity contribution in [3.05, 3.63) is 42.1 Å². The molecule has 0 radical (unpaired) electrons. The van der Waals surface area contributed by atoms with Crippen LogP contribution in [0.25, 0.3) is 11.4 Å². The largest absolute Gasteiger partial charge is 0.487 e. The normalized spacial score (nSPS) is 16.5. The molecule has 3 aromatic rings. The predicted octanol–water partition coefficient (Wildman–Crippen LogP) is 5.28. The molecular formula is C24H30ClF2N7O3Si. The number of pyridine rings is 1. The van der Waals surface area contributed by atoms with Crippen molar-refractivity contribution >= 4 is 37.3 Å². The van der Waals surface area contributed by atoms with Gasteiger partial charge in [-0.2, -0.15) is 0 Å². The van der Waals surface area contributed by atoms with Gasteiger partial charge in [0.2, 0.25) is 0 Å². The highest BCUT2D eigenvalue weighted by Crippen LogP contribution is 2.39. The molecule has 1 amide bonds. The summed E-state index contributed by atoms with van der Waals surface area (Å²) in [5, 5.41) is 16.9. The van der Waals surface area contributed by atoms with Gasteiger partial charge >= 0.3 is 5.57 Å². The number of carbonyl (C=O) groups is 1. The summed E-state index contributed by atoms with van der Waals surface area (Å²) in [6.07, 6.45) is 2.41. The van der Waals surface area contributed by atoms with Crippen LogP contribution in [0.4, 0.5) is 20.3 Å². The molecule has 14 heteroatoms. The fraction of sp³-hybridized carbons (Fsp3) is 0.458. The lowest BCUT2D eigenvalue weighted by Crippen LogP contribution is -2.44. The summed E-state index contributed by atoms with van der Waals surface area (Å²) in [5.74, 6) is 0.426. The Bertz CT molecular complexity index is 1270. The molecule has 1 saturated heterocycles. The highest BCUT2D eigenvalue weighted by molar-refractivity contribution is 6.74. The van der Waals surface area contributed by atoms with Crippen LogP contribution >= 0.6 is 11.6 Å². The van der Waals surface area contributed by atoms with Gasteiger partial charge in [0.25, 0.3) is 5.91 Å². The zero-order chi connectivity index (χ0) is 27.7. The van der Waals surface area contributed by atoms with Gasteiger partial charge in [0, 0.05) is 36.6 Å². The van der Waals surface area contributed by atoms with E-state index in [0.717, 1.165) is 13.0 Å². The van der Waals surface area contributed by atoms with Crippen molar-refractivity contribution in [2.24, 2.45) is 0 Å². The molecule has 204 valence electrons. The molecule has 0 unspecified atom stereocenters. The molecule has 0 bridgehead atoms. The number of carbonyl (C=O) groups excluding carboxylic acids is 1. The number of anilines is 2. The number of nitrogens with one attached hydrogen (secondary N) is 2. The van der Waals surface area contributed by atoms with E-state index in [1.165, 1.54) is 30.5 Å². The fourth-order valence-corrected chi connectivity index (χ4v) is 5.30. The molecule has 38 heavy (non-hydrogen) atoms. The lowest BCUT2D eigenvalue weighted by atomic mass is 10.1. The first kappa shape index (κ1) is 27.9. The first-order valence-corrected chi connectivity index (χ1v) is 15.3. The second-order valence-electron chi connectivity index (χ2n) is 10.6. The van der Waals surface area contributed by atoms with E-state index in [2.05, 4.69) is 74.4 Å². The Hall–Kier alpha value is -3.16. The molecule has 2 aromatic heterocycles. The molecule has 1 atom stereocenters. The number of benzene rings is 1. The van der Waals surface area contributed by atoms with Crippen LogP contribution in [0.15, 0.2) is 36.5 Å². The average molecular weight is 566 g/mol. The summed E-state index contributed by atoms with van der Waals surface area (Å²) < 4.78 is 36.5. The summed E-state index contributed by atoms with van der Waals surface area (Å²) >= 11 is 4.79. The predicted molar refractivity (Wildman–Crippen MR) is 142 cm³/mol. The van der Waals surface area contributed by atoms with E-state index in [1.807, 2.05) is 0 Å². The maximum Gasteiger partial charge on any atom is 0.487 e. The Morgan fingerprint density at radius 2 is 1.95 bits per heavy atom. The summed E-state index contributed by atoms with van der Waals surface area (Å²) in [6, 6.07) is 7.05. The molecule has 1 aliphatic heterocycles. The van der Waals surface area contributed by atoms with Crippen molar-refractivity contribution in [3.63, 3.8) is 0 Å². The van der Waals surface area contributed by atoms with Crippen LogP contribution in [0.3, 0.4) is 0 Å². The van der Waals surface area contributed by atoms with Gasteiger partial charge < -0.3 is 19.4 Å². The van der Waals surface area contributed by atoms with Crippen molar-refractivity contribution in [1.29, 1.82) is 0 Å². The number of ether oxygens (including phenoxy) is 1. The number of hydrogen-bond donors (Lipinski definition) is 2. The van der Waals surface area contributed by atoms with E-state index in [4.69, 9.17) is 16.0 Å². The van der Waals surface area contributed by atoms with Crippen LogP contribution in [0, 0.1) is 0 Å². The van der Waals surface area contributed by atoms with Crippen LogP contribution in [0.2, 0.25) is 18.1 Å². The van der Waals surface area contributed by atoms with Gasteiger partial charge in [-0.1, -0.05) is 20.8 Å². The molecule has 0 spiro atoms. The molecule has 10 nitrogen and oxygen atoms in total. The fourth-order valence-electron chi connectivity index (χ4n) is 3.83. The molecule has 1 aliphatic rings. The van der Waals surface area contributed by atoms with E-state index >= 15 is 0 Å². The summed E-state index contributed by atoms with van der Waals surface area (Å²) in [5.41, 5.74) is -2.61. The van der Waals surface area contributed by atoms with Crippen LogP contribution in [0.1, 0.15) is 37.6 Å². The highest BCUT2D eigenvalue weighted by Gasteiger charge is 2.41. The van der Waals surface area contributed by atoms with Crippen LogP contribution in [0.5, 0.6) is 5.75 Å². The lowest BCUT2D eigenvalue weighted by molar-refractivity contribution is -0.0964. The minimum atomic E-state index is -3.82. The van der Waals surface area contributed by atoms with Crippen molar-refractivity contribution in [1.82, 2.24) is 25.6 Å². The molecule has 2 N–H and O–H groups in total. The van der Waals surface area contributed by atoms with Gasteiger partial charge in [-0.25, -0.2) is 10.1 Å². The van der Waals surface area contributed by atoms with Crippen LogP contribution < -0.4 is 15.0 Å². The number of hydrogen-bond acceptors (Lipinski definition) is 8. The maximum atomic E-state index is 13.0. The van der Waals surface area contributed by atoms with Crippen molar-refractivity contribution in [2.45, 2.75) is 57.0 Å². The quantitative estimate of drug-likeness (QED) is 0.280. The standard InChI is InChI=1S/C24H30ClF2N7O3Si/c1-23(2,3)38(4,5)37-18-10-11-34(14-18)21-19(20-30-32-33-31-20)12-15(13-28-21)22(35)29-16-6-8-17(9-7-16)36-24(25,26)27/h6-9,12-13,18H,10-11,14H2,1-5H3,(H,29,35)(H,30,31,32,33)/t18-/m1/s1. The van der Waals surface area contributed by atoms with Crippen molar-refractivity contribution in [2.75, 3.05) is 23.3 Å². The van der Waals surface area contributed by atoms with Crippen LogP contribution in [-0.4, -0.2) is 64.6 Å². The Kier molecular flexibility index (Phi) is 7.73. The van der Waals surface area contributed by atoms with Gasteiger partial charge in [0.1, 0.15) is 11.6 Å². The van der Waals surface area contributed by atoms with E-state index in [-0.39, 0.29) is 22.5 Å². The van der Waals surface area contributed by atoms with Gasteiger partial charge in [-0.05, 0) is 65.3 Å². The van der Waals surface area contributed by atoms with E-state index in [1.54, 1.807) is 6.07 Å². The number of tetrazole rings is 1. The number of H-pyrrole nitrogens is 1. The minimum absolute atomic E-state index is 0.0760. The average Bonchev–Trinajstić information content (AvgIpc) is 3.50. The molecule has 1 aromatic carbocycles. The monoisotopic (exact) mass is 565 g/mol. The second kappa shape index (κ2) is 10.5. The third-order valence-corrected chi connectivity index (χ3v) is 11.4. The summed E-state index contributed by atoms with van der Waals surface area (Å²) in [4.78, 5) is 19.7. The second-order valence-corrected chi connectivity index (χ2v) is 15.8. The van der Waals surface area contributed by atoms with Gasteiger partial charge in [0.15, 0.2) is 14.1 Å². The van der Waals surface area contributed by atoms with E-state index < -0.39 is 19.8 Å². The Labute approximate surface area is 225 Å². The van der Waals surface area contributed by atoms with Crippen molar-refractivity contribution in [3.8, 4) is 17.1 Å². The Balaban J connectivity index is 1.52. The molecule has 4 rings (SSSR count). The topological polar surface area (TPSA) is 118 Å². The molecule has 0 saturated carbocycles. The van der Waals surface area contributed by atoms with E-state index in [9.17, 15) is 13.6 Å². The maximum absolute atomic E-state index is 13.0. The molecule has 3 heterocycles. The van der Waals surface area contributed by atoms with Gasteiger partial charge in [0.05, 0.1) is 17.2 Å². The Morgan fingerprint density at radius 1 is 1.24 bits per heavy atom. The first-order valence-electron chi connectivity index (χ1n) is 12.1. The van der Waals surface area contributed by atoms with Crippen molar-refractivity contribution < 1.29 is 22.7 Å². The third kappa shape index (κ3) is 6.63. The zero-order valence-electron chi connectivity index (χ0n) is 21.8. The summed E-state index contributed by atoms with van der Waals surface area (Å²) in [7, 11) is -1.93.